The smallest absolute Gasteiger partial charge is 0.0535 e. The summed E-state index contributed by atoms with van der Waals surface area (Å²) in [7, 11) is 0. The van der Waals surface area contributed by atoms with E-state index in [9.17, 15) is 0 Å². The minimum Gasteiger partial charge on any atom is -0.381 e. The Morgan fingerprint density at radius 1 is 1.31 bits per heavy atom. The van der Waals surface area contributed by atoms with Crippen molar-refractivity contribution in [3.63, 3.8) is 0 Å². The highest BCUT2D eigenvalue weighted by Crippen LogP contribution is 2.25. The SMILES string of the molecule is CCc1ccc([C@@H]2CCOC2)cc1. The molecule has 0 amide bonds. The number of hydrogen-bond acceptors (Lipinski definition) is 1. The van der Waals surface area contributed by atoms with Crippen LogP contribution in [-0.4, -0.2) is 13.2 Å². The molecule has 1 nitrogen and oxygen atoms in total. The van der Waals surface area contributed by atoms with Crippen molar-refractivity contribution in [2.24, 2.45) is 0 Å². The van der Waals surface area contributed by atoms with Gasteiger partial charge in [-0.3, -0.25) is 0 Å². The van der Waals surface area contributed by atoms with Crippen molar-refractivity contribution in [3.05, 3.63) is 35.4 Å². The Bertz CT molecular complexity index is 257. The lowest BCUT2D eigenvalue weighted by Crippen LogP contribution is -1.97. The Hall–Kier alpha value is -0.820. The first-order valence-electron chi connectivity index (χ1n) is 5.06. The second-order valence-electron chi connectivity index (χ2n) is 3.66. The van der Waals surface area contributed by atoms with Gasteiger partial charge in [-0.05, 0) is 24.0 Å². The highest BCUT2D eigenvalue weighted by Gasteiger charge is 2.16. The minimum atomic E-state index is 0.644. The Balaban J connectivity index is 2.12. The highest BCUT2D eigenvalue weighted by molar-refractivity contribution is 5.25. The maximum atomic E-state index is 5.37. The quantitative estimate of drug-likeness (QED) is 0.673. The summed E-state index contributed by atoms with van der Waals surface area (Å²) in [6.45, 7) is 4.03. The van der Waals surface area contributed by atoms with Crippen LogP contribution in [0.25, 0.3) is 0 Å². The Kier molecular flexibility index (Phi) is 2.65. The third kappa shape index (κ3) is 1.92. The predicted molar refractivity (Wildman–Crippen MR) is 54.0 cm³/mol. The second kappa shape index (κ2) is 3.93. The van der Waals surface area contributed by atoms with Gasteiger partial charge in [0.2, 0.25) is 0 Å². The Labute approximate surface area is 79.7 Å². The first-order chi connectivity index (χ1) is 6.40. The Morgan fingerprint density at radius 3 is 2.62 bits per heavy atom. The van der Waals surface area contributed by atoms with Crippen LogP contribution in [0, 0.1) is 0 Å². The van der Waals surface area contributed by atoms with Gasteiger partial charge >= 0.3 is 0 Å². The Morgan fingerprint density at radius 2 is 2.08 bits per heavy atom. The molecule has 13 heavy (non-hydrogen) atoms. The normalized spacial score (nSPS) is 22.1. The van der Waals surface area contributed by atoms with Crippen LogP contribution in [0.3, 0.4) is 0 Å². The molecule has 0 aromatic heterocycles. The molecule has 1 saturated heterocycles. The summed E-state index contributed by atoms with van der Waals surface area (Å²) in [6.07, 6.45) is 2.31. The van der Waals surface area contributed by atoms with Crippen molar-refractivity contribution in [1.82, 2.24) is 0 Å². The maximum absolute atomic E-state index is 5.37. The topological polar surface area (TPSA) is 9.23 Å². The van der Waals surface area contributed by atoms with Crippen LogP contribution in [0.2, 0.25) is 0 Å². The molecule has 1 heterocycles. The number of benzene rings is 1. The van der Waals surface area contributed by atoms with E-state index in [0.29, 0.717) is 5.92 Å². The molecule has 2 rings (SSSR count). The van der Waals surface area contributed by atoms with E-state index in [1.165, 1.54) is 17.5 Å². The molecule has 1 aromatic rings. The van der Waals surface area contributed by atoms with Crippen LogP contribution in [0.5, 0.6) is 0 Å². The van der Waals surface area contributed by atoms with Crippen molar-refractivity contribution in [2.45, 2.75) is 25.7 Å². The van der Waals surface area contributed by atoms with Gasteiger partial charge in [0.25, 0.3) is 0 Å². The van der Waals surface area contributed by atoms with Gasteiger partial charge in [0.05, 0.1) is 6.61 Å². The minimum absolute atomic E-state index is 0.644. The average Bonchev–Trinajstić information content (AvgIpc) is 2.71. The molecular formula is C12H16O. The van der Waals surface area contributed by atoms with Crippen molar-refractivity contribution >= 4 is 0 Å². The zero-order chi connectivity index (χ0) is 9.10. The predicted octanol–water partition coefficient (Wildman–Crippen LogP) is 2.75. The molecule has 70 valence electrons. The number of aryl methyl sites for hydroxylation is 1. The molecule has 0 bridgehead atoms. The van der Waals surface area contributed by atoms with Gasteiger partial charge in [0.1, 0.15) is 0 Å². The molecule has 1 atom stereocenters. The van der Waals surface area contributed by atoms with E-state index >= 15 is 0 Å². The molecule has 1 heteroatoms. The number of ether oxygens (including phenoxy) is 1. The number of rotatable bonds is 2. The van der Waals surface area contributed by atoms with Gasteiger partial charge in [-0.1, -0.05) is 31.2 Å². The van der Waals surface area contributed by atoms with Crippen LogP contribution in [0.4, 0.5) is 0 Å². The van der Waals surface area contributed by atoms with E-state index < -0.39 is 0 Å². The van der Waals surface area contributed by atoms with Crippen LogP contribution >= 0.6 is 0 Å². The van der Waals surface area contributed by atoms with E-state index in [4.69, 9.17) is 4.74 Å². The van der Waals surface area contributed by atoms with Crippen LogP contribution in [-0.2, 0) is 11.2 Å². The second-order valence-corrected chi connectivity index (χ2v) is 3.66. The van der Waals surface area contributed by atoms with Gasteiger partial charge in [-0.2, -0.15) is 0 Å². The lowest BCUT2D eigenvalue weighted by molar-refractivity contribution is 0.194. The van der Waals surface area contributed by atoms with E-state index in [0.717, 1.165) is 19.6 Å². The van der Waals surface area contributed by atoms with E-state index in [1.807, 2.05) is 0 Å². The lowest BCUT2D eigenvalue weighted by atomic mass is 9.97. The summed E-state index contributed by atoms with van der Waals surface area (Å²) in [5.41, 5.74) is 2.86. The van der Waals surface area contributed by atoms with Gasteiger partial charge in [0, 0.05) is 12.5 Å². The van der Waals surface area contributed by atoms with Crippen molar-refractivity contribution in [3.8, 4) is 0 Å². The first-order valence-corrected chi connectivity index (χ1v) is 5.06. The monoisotopic (exact) mass is 176 g/mol. The molecular weight excluding hydrogens is 160 g/mol. The van der Waals surface area contributed by atoms with Crippen molar-refractivity contribution < 1.29 is 4.74 Å². The van der Waals surface area contributed by atoms with Crippen LogP contribution in [0.15, 0.2) is 24.3 Å². The third-order valence-corrected chi connectivity index (χ3v) is 2.79. The molecule has 0 radical (unpaired) electrons. The average molecular weight is 176 g/mol. The summed E-state index contributed by atoms with van der Waals surface area (Å²) in [5, 5.41) is 0. The van der Waals surface area contributed by atoms with Crippen LogP contribution < -0.4 is 0 Å². The fourth-order valence-corrected chi connectivity index (χ4v) is 1.82. The van der Waals surface area contributed by atoms with Crippen LogP contribution in [0.1, 0.15) is 30.4 Å². The largest absolute Gasteiger partial charge is 0.381 e. The fourth-order valence-electron chi connectivity index (χ4n) is 1.82. The third-order valence-electron chi connectivity index (χ3n) is 2.79. The summed E-state index contributed by atoms with van der Waals surface area (Å²) >= 11 is 0. The molecule has 0 unspecified atom stereocenters. The van der Waals surface area contributed by atoms with E-state index in [1.54, 1.807) is 0 Å². The zero-order valence-corrected chi connectivity index (χ0v) is 8.12. The standard InChI is InChI=1S/C12H16O/c1-2-10-3-5-11(6-4-10)12-7-8-13-9-12/h3-6,12H,2,7-9H2,1H3/t12-/m1/s1. The van der Waals surface area contributed by atoms with Crippen molar-refractivity contribution in [1.29, 1.82) is 0 Å². The summed E-state index contributed by atoms with van der Waals surface area (Å²) < 4.78 is 5.37. The lowest BCUT2D eigenvalue weighted by Gasteiger charge is -2.07. The zero-order valence-electron chi connectivity index (χ0n) is 8.12. The van der Waals surface area contributed by atoms with Crippen molar-refractivity contribution in [2.75, 3.05) is 13.2 Å². The maximum Gasteiger partial charge on any atom is 0.0535 e. The van der Waals surface area contributed by atoms with Gasteiger partial charge in [0.15, 0.2) is 0 Å². The first kappa shape index (κ1) is 8.76. The van der Waals surface area contributed by atoms with Gasteiger partial charge in [-0.25, -0.2) is 0 Å². The van der Waals surface area contributed by atoms with Gasteiger partial charge < -0.3 is 4.74 Å². The summed E-state index contributed by atoms with van der Waals surface area (Å²) in [4.78, 5) is 0. The van der Waals surface area contributed by atoms with Gasteiger partial charge in [-0.15, -0.1) is 0 Å². The molecule has 1 fully saturated rings. The molecule has 0 N–H and O–H groups in total. The molecule has 1 aliphatic heterocycles. The highest BCUT2D eigenvalue weighted by atomic mass is 16.5. The van der Waals surface area contributed by atoms with E-state index in [-0.39, 0.29) is 0 Å². The molecule has 0 spiro atoms. The molecule has 0 aliphatic carbocycles. The molecule has 1 aliphatic rings. The number of hydrogen-bond donors (Lipinski definition) is 0. The molecule has 1 aromatic carbocycles. The summed E-state index contributed by atoms with van der Waals surface area (Å²) in [6, 6.07) is 8.96. The summed E-state index contributed by atoms with van der Waals surface area (Å²) in [5.74, 6) is 0.644. The molecule has 0 saturated carbocycles. The fraction of sp³-hybridized carbons (Fsp3) is 0.500. The van der Waals surface area contributed by atoms with E-state index in [2.05, 4.69) is 31.2 Å².